The molecule has 1 aliphatic carbocycles. The maximum Gasteiger partial charge on any atom is 0.314 e. The van der Waals surface area contributed by atoms with Crippen molar-refractivity contribution >= 4 is 5.97 Å². The van der Waals surface area contributed by atoms with Crippen LogP contribution in [-0.4, -0.2) is 11.1 Å². The quantitative estimate of drug-likeness (QED) is 0.644. The first kappa shape index (κ1) is 14.9. The van der Waals surface area contributed by atoms with E-state index in [1.165, 1.54) is 31.4 Å². The molecule has 1 aromatic rings. The van der Waals surface area contributed by atoms with E-state index in [0.29, 0.717) is 5.75 Å². The van der Waals surface area contributed by atoms with E-state index >= 15 is 0 Å². The van der Waals surface area contributed by atoms with Gasteiger partial charge < -0.3 is 9.84 Å². The number of carbonyl (C=O) groups excluding carboxylic acids is 1. The van der Waals surface area contributed by atoms with E-state index in [-0.39, 0.29) is 17.6 Å². The van der Waals surface area contributed by atoms with Crippen molar-refractivity contribution < 1.29 is 14.6 Å². The third kappa shape index (κ3) is 4.26. The Bertz CT molecular complexity index is 416. The van der Waals surface area contributed by atoms with Gasteiger partial charge in [-0.2, -0.15) is 0 Å². The van der Waals surface area contributed by atoms with Crippen LogP contribution in [0, 0.1) is 11.8 Å². The first-order chi connectivity index (χ1) is 9.69. The van der Waals surface area contributed by atoms with E-state index in [9.17, 15) is 9.90 Å². The van der Waals surface area contributed by atoms with Crippen molar-refractivity contribution in [3.05, 3.63) is 24.3 Å². The molecule has 1 saturated carbocycles. The third-order valence-corrected chi connectivity index (χ3v) is 4.20. The smallest absolute Gasteiger partial charge is 0.314 e. The minimum atomic E-state index is -0.121. The van der Waals surface area contributed by atoms with Crippen LogP contribution in [0.3, 0.4) is 0 Å². The summed E-state index contributed by atoms with van der Waals surface area (Å²) < 4.78 is 5.38. The van der Waals surface area contributed by atoms with Gasteiger partial charge in [-0.1, -0.05) is 26.2 Å². The van der Waals surface area contributed by atoms with Crippen LogP contribution in [0.1, 0.15) is 51.9 Å². The van der Waals surface area contributed by atoms with Gasteiger partial charge >= 0.3 is 5.97 Å². The Morgan fingerprint density at radius 1 is 1.20 bits per heavy atom. The average Bonchev–Trinajstić information content (AvgIpc) is 2.48. The standard InChI is InChI=1S/C17H24O3/c1-2-3-4-13-5-7-14(8-6-13)17(19)20-16-11-9-15(18)10-12-16/h9-14,18H,2-8H2,1H3. The number of phenols is 1. The number of benzene rings is 1. The molecule has 0 bridgehead atoms. The Hall–Kier alpha value is -1.51. The normalized spacial score (nSPS) is 22.4. The summed E-state index contributed by atoms with van der Waals surface area (Å²) in [6, 6.07) is 6.31. The lowest BCUT2D eigenvalue weighted by molar-refractivity contribution is -0.140. The number of phenolic OH excluding ortho intramolecular Hbond substituents is 1. The molecule has 1 fully saturated rings. The van der Waals surface area contributed by atoms with Crippen molar-refractivity contribution in [1.29, 1.82) is 0 Å². The SMILES string of the molecule is CCCCC1CCC(C(=O)Oc2ccc(O)cc2)CC1. The van der Waals surface area contributed by atoms with Crippen LogP contribution in [-0.2, 0) is 4.79 Å². The Balaban J connectivity index is 1.78. The Morgan fingerprint density at radius 3 is 2.45 bits per heavy atom. The Labute approximate surface area is 121 Å². The second-order valence-electron chi connectivity index (χ2n) is 5.77. The molecule has 3 nitrogen and oxygen atoms in total. The molecule has 1 aromatic carbocycles. The number of hydrogen-bond acceptors (Lipinski definition) is 3. The molecular weight excluding hydrogens is 252 g/mol. The first-order valence-electron chi connectivity index (χ1n) is 7.69. The van der Waals surface area contributed by atoms with Gasteiger partial charge in [-0.05, 0) is 55.9 Å². The van der Waals surface area contributed by atoms with E-state index in [0.717, 1.165) is 31.6 Å². The van der Waals surface area contributed by atoms with Gasteiger partial charge in [-0.3, -0.25) is 4.79 Å². The van der Waals surface area contributed by atoms with Gasteiger partial charge in [0.25, 0.3) is 0 Å². The van der Waals surface area contributed by atoms with Gasteiger partial charge in [0.1, 0.15) is 11.5 Å². The summed E-state index contributed by atoms with van der Waals surface area (Å²) in [5.74, 6) is 1.42. The van der Waals surface area contributed by atoms with Gasteiger partial charge in [-0.15, -0.1) is 0 Å². The number of aromatic hydroxyl groups is 1. The predicted octanol–water partition coefficient (Wildman–Crippen LogP) is 4.29. The number of unbranched alkanes of at least 4 members (excludes halogenated alkanes) is 1. The van der Waals surface area contributed by atoms with Crippen LogP contribution < -0.4 is 4.74 Å². The Morgan fingerprint density at radius 2 is 1.85 bits per heavy atom. The number of esters is 1. The molecule has 110 valence electrons. The summed E-state index contributed by atoms with van der Waals surface area (Å²) in [5.41, 5.74) is 0. The number of ether oxygens (including phenoxy) is 1. The van der Waals surface area contributed by atoms with Crippen LogP contribution in [0.25, 0.3) is 0 Å². The van der Waals surface area contributed by atoms with Crippen LogP contribution in [0.15, 0.2) is 24.3 Å². The minimum absolute atomic E-state index is 0.0432. The largest absolute Gasteiger partial charge is 0.508 e. The molecule has 2 rings (SSSR count). The lowest BCUT2D eigenvalue weighted by Crippen LogP contribution is -2.25. The zero-order valence-electron chi connectivity index (χ0n) is 12.2. The molecular formula is C17H24O3. The molecule has 0 atom stereocenters. The maximum absolute atomic E-state index is 12.1. The average molecular weight is 276 g/mol. The molecule has 0 heterocycles. The summed E-state index contributed by atoms with van der Waals surface area (Å²) in [7, 11) is 0. The highest BCUT2D eigenvalue weighted by Gasteiger charge is 2.27. The molecule has 20 heavy (non-hydrogen) atoms. The van der Waals surface area contributed by atoms with Gasteiger partial charge in [-0.25, -0.2) is 0 Å². The summed E-state index contributed by atoms with van der Waals surface area (Å²) in [4.78, 5) is 12.1. The highest BCUT2D eigenvalue weighted by atomic mass is 16.5. The van der Waals surface area contributed by atoms with E-state index in [1.807, 2.05) is 0 Å². The van der Waals surface area contributed by atoms with Crippen LogP contribution in [0.4, 0.5) is 0 Å². The lowest BCUT2D eigenvalue weighted by atomic mass is 9.80. The highest BCUT2D eigenvalue weighted by molar-refractivity contribution is 5.75. The van der Waals surface area contributed by atoms with Gasteiger partial charge in [0, 0.05) is 0 Å². The molecule has 0 amide bonds. The number of hydrogen-bond donors (Lipinski definition) is 1. The fraction of sp³-hybridized carbons (Fsp3) is 0.588. The van der Waals surface area contributed by atoms with Crippen molar-refractivity contribution in [2.45, 2.75) is 51.9 Å². The number of carbonyl (C=O) groups is 1. The monoisotopic (exact) mass is 276 g/mol. The third-order valence-electron chi connectivity index (χ3n) is 4.20. The van der Waals surface area contributed by atoms with Crippen molar-refractivity contribution in [3.63, 3.8) is 0 Å². The summed E-state index contributed by atoms with van der Waals surface area (Å²) in [5, 5.41) is 9.20. The molecule has 0 aromatic heterocycles. The molecule has 1 aliphatic rings. The maximum atomic E-state index is 12.1. The van der Waals surface area contributed by atoms with Crippen LogP contribution >= 0.6 is 0 Å². The topological polar surface area (TPSA) is 46.5 Å². The van der Waals surface area contributed by atoms with Crippen LogP contribution in [0.2, 0.25) is 0 Å². The zero-order chi connectivity index (χ0) is 14.4. The van der Waals surface area contributed by atoms with Crippen molar-refractivity contribution in [2.75, 3.05) is 0 Å². The molecule has 0 spiro atoms. The molecule has 3 heteroatoms. The van der Waals surface area contributed by atoms with Crippen molar-refractivity contribution in [1.82, 2.24) is 0 Å². The molecule has 0 unspecified atom stereocenters. The van der Waals surface area contributed by atoms with E-state index < -0.39 is 0 Å². The zero-order valence-corrected chi connectivity index (χ0v) is 12.2. The van der Waals surface area contributed by atoms with E-state index in [1.54, 1.807) is 12.1 Å². The molecule has 1 N–H and O–H groups in total. The van der Waals surface area contributed by atoms with Crippen LogP contribution in [0.5, 0.6) is 11.5 Å². The van der Waals surface area contributed by atoms with Gasteiger partial charge in [0.15, 0.2) is 0 Å². The van der Waals surface area contributed by atoms with Gasteiger partial charge in [0.05, 0.1) is 5.92 Å². The highest BCUT2D eigenvalue weighted by Crippen LogP contribution is 2.32. The first-order valence-corrected chi connectivity index (χ1v) is 7.69. The molecule has 0 radical (unpaired) electrons. The molecule has 0 aliphatic heterocycles. The van der Waals surface area contributed by atoms with E-state index in [4.69, 9.17) is 4.74 Å². The fourth-order valence-electron chi connectivity index (χ4n) is 2.89. The summed E-state index contributed by atoms with van der Waals surface area (Å²) in [6.45, 7) is 2.22. The van der Waals surface area contributed by atoms with Crippen molar-refractivity contribution in [2.24, 2.45) is 11.8 Å². The fourth-order valence-corrected chi connectivity index (χ4v) is 2.89. The van der Waals surface area contributed by atoms with Crippen molar-refractivity contribution in [3.8, 4) is 11.5 Å². The van der Waals surface area contributed by atoms with Gasteiger partial charge in [0.2, 0.25) is 0 Å². The second kappa shape index (κ2) is 7.32. The number of rotatable bonds is 5. The minimum Gasteiger partial charge on any atom is -0.508 e. The second-order valence-corrected chi connectivity index (χ2v) is 5.77. The summed E-state index contributed by atoms with van der Waals surface area (Å²) in [6.07, 6.45) is 8.05. The van der Waals surface area contributed by atoms with E-state index in [2.05, 4.69) is 6.92 Å². The predicted molar refractivity (Wildman–Crippen MR) is 78.7 cm³/mol. The molecule has 0 saturated heterocycles. The Kier molecular flexibility index (Phi) is 5.45. The lowest BCUT2D eigenvalue weighted by Gasteiger charge is -2.27. The summed E-state index contributed by atoms with van der Waals surface area (Å²) >= 11 is 0.